The summed E-state index contributed by atoms with van der Waals surface area (Å²) < 4.78 is 27.8. The molecule has 0 aliphatic carbocycles. The van der Waals surface area contributed by atoms with E-state index in [0.29, 0.717) is 12.0 Å². The predicted molar refractivity (Wildman–Crippen MR) is 72.8 cm³/mol. The third kappa shape index (κ3) is 2.71. The van der Waals surface area contributed by atoms with Crippen molar-refractivity contribution in [3.05, 3.63) is 58.9 Å². The second kappa shape index (κ2) is 5.30. The highest BCUT2D eigenvalue weighted by Crippen LogP contribution is 2.15. The van der Waals surface area contributed by atoms with E-state index in [9.17, 15) is 13.9 Å². The third-order valence-corrected chi connectivity index (χ3v) is 3.81. The number of aliphatic hydroxyl groups excluding tert-OH is 1. The Kier molecular flexibility index (Phi) is 3.50. The first-order valence-corrected chi connectivity index (χ1v) is 7.03. The summed E-state index contributed by atoms with van der Waals surface area (Å²) in [6.07, 6.45) is 3.73. The van der Waals surface area contributed by atoms with Gasteiger partial charge in [-0.25, -0.2) is 13.8 Å². The predicted octanol–water partition coefficient (Wildman–Crippen LogP) is 2.82. The van der Waals surface area contributed by atoms with Gasteiger partial charge in [-0.05, 0) is 24.1 Å². The molecule has 3 rings (SSSR count). The molecule has 1 N–H and O–H groups in total. The van der Waals surface area contributed by atoms with E-state index in [1.807, 2.05) is 22.2 Å². The largest absolute Gasteiger partial charge is 0.392 e. The van der Waals surface area contributed by atoms with Crippen LogP contribution in [0.1, 0.15) is 11.3 Å². The van der Waals surface area contributed by atoms with E-state index in [0.717, 1.165) is 22.8 Å². The van der Waals surface area contributed by atoms with Crippen LogP contribution in [0.4, 0.5) is 8.78 Å². The van der Waals surface area contributed by atoms with Gasteiger partial charge >= 0.3 is 0 Å². The van der Waals surface area contributed by atoms with Crippen molar-refractivity contribution < 1.29 is 13.9 Å². The lowest BCUT2D eigenvalue weighted by Gasteiger charge is -2.09. The number of thiazole rings is 1. The Morgan fingerprint density at radius 2 is 2.10 bits per heavy atom. The smallest absolute Gasteiger partial charge is 0.193 e. The molecule has 0 aliphatic rings. The van der Waals surface area contributed by atoms with E-state index >= 15 is 0 Å². The highest BCUT2D eigenvalue weighted by Gasteiger charge is 2.12. The van der Waals surface area contributed by atoms with Crippen molar-refractivity contribution in [1.29, 1.82) is 0 Å². The zero-order valence-corrected chi connectivity index (χ0v) is 11.3. The van der Waals surface area contributed by atoms with Crippen molar-refractivity contribution >= 4 is 16.3 Å². The van der Waals surface area contributed by atoms with Gasteiger partial charge < -0.3 is 5.11 Å². The third-order valence-electron chi connectivity index (χ3n) is 3.04. The minimum atomic E-state index is -0.891. The topological polar surface area (TPSA) is 37.5 Å². The number of hydrogen-bond acceptors (Lipinski definition) is 3. The van der Waals surface area contributed by atoms with Gasteiger partial charge in [0.1, 0.15) is 0 Å². The van der Waals surface area contributed by atoms with Crippen LogP contribution in [0.3, 0.4) is 0 Å². The van der Waals surface area contributed by atoms with Crippen molar-refractivity contribution in [3.8, 4) is 0 Å². The minimum Gasteiger partial charge on any atom is -0.392 e. The molecule has 0 spiro atoms. The van der Waals surface area contributed by atoms with Gasteiger partial charge in [-0.15, -0.1) is 11.3 Å². The molecule has 0 fully saturated rings. The van der Waals surface area contributed by atoms with E-state index < -0.39 is 17.7 Å². The quantitative estimate of drug-likeness (QED) is 0.803. The Morgan fingerprint density at radius 1 is 1.25 bits per heavy atom. The van der Waals surface area contributed by atoms with Crippen molar-refractivity contribution in [3.63, 3.8) is 0 Å². The van der Waals surface area contributed by atoms with Crippen LogP contribution in [0.2, 0.25) is 0 Å². The second-order valence-electron chi connectivity index (χ2n) is 4.64. The molecule has 3 aromatic rings. The van der Waals surface area contributed by atoms with E-state index in [1.54, 1.807) is 0 Å². The van der Waals surface area contributed by atoms with Crippen LogP contribution in [0.25, 0.3) is 4.96 Å². The molecular weight excluding hydrogens is 282 g/mol. The molecule has 2 heterocycles. The minimum absolute atomic E-state index is 0.266. The molecule has 0 saturated heterocycles. The van der Waals surface area contributed by atoms with E-state index in [-0.39, 0.29) is 6.42 Å². The van der Waals surface area contributed by atoms with Crippen LogP contribution < -0.4 is 0 Å². The van der Waals surface area contributed by atoms with Crippen molar-refractivity contribution in [1.82, 2.24) is 9.38 Å². The zero-order valence-electron chi connectivity index (χ0n) is 10.5. The number of hydrogen-bond donors (Lipinski definition) is 1. The Morgan fingerprint density at radius 3 is 2.85 bits per heavy atom. The molecule has 0 bridgehead atoms. The number of fused-ring (bicyclic) bond motifs is 1. The Labute approximate surface area is 118 Å². The lowest BCUT2D eigenvalue weighted by molar-refractivity contribution is 0.174. The Balaban J connectivity index is 1.68. The first kappa shape index (κ1) is 13.2. The summed E-state index contributed by atoms with van der Waals surface area (Å²) in [7, 11) is 0. The fourth-order valence-electron chi connectivity index (χ4n) is 2.13. The van der Waals surface area contributed by atoms with Crippen LogP contribution in [-0.4, -0.2) is 20.6 Å². The van der Waals surface area contributed by atoms with Crippen molar-refractivity contribution in [2.45, 2.75) is 18.9 Å². The van der Waals surface area contributed by atoms with Crippen LogP contribution in [-0.2, 0) is 12.8 Å². The first-order chi connectivity index (χ1) is 9.61. The van der Waals surface area contributed by atoms with Gasteiger partial charge in [0.05, 0.1) is 11.8 Å². The summed E-state index contributed by atoms with van der Waals surface area (Å²) in [6.45, 7) is 0. The van der Waals surface area contributed by atoms with Crippen LogP contribution >= 0.6 is 11.3 Å². The number of nitrogens with zero attached hydrogens (tertiary/aromatic N) is 2. The van der Waals surface area contributed by atoms with Gasteiger partial charge in [-0.2, -0.15) is 0 Å². The summed E-state index contributed by atoms with van der Waals surface area (Å²) in [5.74, 6) is -1.77. The van der Waals surface area contributed by atoms with Crippen LogP contribution in [0.5, 0.6) is 0 Å². The van der Waals surface area contributed by atoms with Gasteiger partial charge in [-0.1, -0.05) is 6.07 Å². The van der Waals surface area contributed by atoms with E-state index in [4.69, 9.17) is 0 Å². The molecule has 0 radical (unpaired) electrons. The monoisotopic (exact) mass is 294 g/mol. The number of benzene rings is 1. The Bertz CT molecular complexity index is 709. The summed E-state index contributed by atoms with van der Waals surface area (Å²) >= 11 is 1.52. The number of imidazole rings is 1. The molecule has 1 unspecified atom stereocenters. The van der Waals surface area contributed by atoms with Crippen LogP contribution in [0.15, 0.2) is 36.0 Å². The second-order valence-corrected chi connectivity index (χ2v) is 5.51. The summed E-state index contributed by atoms with van der Waals surface area (Å²) in [5.41, 5.74) is 1.35. The molecule has 0 aliphatic heterocycles. The maximum Gasteiger partial charge on any atom is 0.193 e. The standard InChI is InChI=1S/C14H12F2N2OS/c15-12-2-1-9(6-13(12)16)5-11(19)7-10-8-18-3-4-20-14(18)17-10/h1-4,6,8,11,19H,5,7H2. The van der Waals surface area contributed by atoms with Gasteiger partial charge in [0.2, 0.25) is 0 Å². The summed E-state index contributed by atoms with van der Waals surface area (Å²) in [6, 6.07) is 3.67. The average Bonchev–Trinajstić information content (AvgIpc) is 2.94. The summed E-state index contributed by atoms with van der Waals surface area (Å²) in [4.78, 5) is 5.25. The van der Waals surface area contributed by atoms with Crippen molar-refractivity contribution in [2.75, 3.05) is 0 Å². The van der Waals surface area contributed by atoms with Gasteiger partial charge in [0.15, 0.2) is 16.6 Å². The molecule has 104 valence electrons. The molecule has 1 aromatic carbocycles. The maximum absolute atomic E-state index is 13.1. The molecule has 20 heavy (non-hydrogen) atoms. The van der Waals surface area contributed by atoms with Crippen LogP contribution in [0, 0.1) is 11.6 Å². The molecular formula is C14H12F2N2OS. The molecule has 6 heteroatoms. The number of aromatic nitrogens is 2. The zero-order chi connectivity index (χ0) is 14.1. The average molecular weight is 294 g/mol. The fourth-order valence-corrected chi connectivity index (χ4v) is 2.85. The normalized spacial score (nSPS) is 12.9. The highest BCUT2D eigenvalue weighted by molar-refractivity contribution is 7.15. The number of aliphatic hydroxyl groups is 1. The van der Waals surface area contributed by atoms with Crippen molar-refractivity contribution in [2.24, 2.45) is 0 Å². The maximum atomic E-state index is 13.1. The highest BCUT2D eigenvalue weighted by atomic mass is 32.1. The molecule has 0 saturated carbocycles. The lowest BCUT2D eigenvalue weighted by Crippen LogP contribution is -2.14. The SMILES string of the molecule is OC(Cc1ccc(F)c(F)c1)Cc1cn2ccsc2n1. The van der Waals surface area contributed by atoms with Gasteiger partial charge in [0, 0.05) is 24.2 Å². The number of rotatable bonds is 4. The fraction of sp³-hybridized carbons (Fsp3) is 0.214. The van der Waals surface area contributed by atoms with E-state index in [1.165, 1.54) is 17.4 Å². The Hall–Kier alpha value is -1.79. The first-order valence-electron chi connectivity index (χ1n) is 6.15. The number of halogens is 2. The molecule has 3 nitrogen and oxygen atoms in total. The molecule has 1 atom stereocenters. The van der Waals surface area contributed by atoms with Gasteiger partial charge in [0.25, 0.3) is 0 Å². The lowest BCUT2D eigenvalue weighted by atomic mass is 10.0. The molecule has 0 amide bonds. The molecule has 2 aromatic heterocycles. The van der Waals surface area contributed by atoms with Gasteiger partial charge in [-0.3, -0.25) is 4.40 Å². The summed E-state index contributed by atoms with van der Waals surface area (Å²) in [5, 5.41) is 12.0. The van der Waals surface area contributed by atoms with E-state index in [2.05, 4.69) is 4.98 Å².